The summed E-state index contributed by atoms with van der Waals surface area (Å²) in [6.45, 7) is 4.87. The molecule has 3 saturated heterocycles. The second-order valence-corrected chi connectivity index (χ2v) is 12.4. The lowest BCUT2D eigenvalue weighted by Crippen LogP contribution is -2.56. The Bertz CT molecular complexity index is 1780. The molecule has 5 unspecified atom stereocenters. The number of aliphatic hydroxyl groups excluding tert-OH is 3. The second-order valence-electron chi connectivity index (χ2n) is 12.4. The minimum atomic E-state index is -1.86. The van der Waals surface area contributed by atoms with Crippen LogP contribution < -0.4 is 14.5 Å². The number of fused-ring (bicyclic) bond motifs is 2. The zero-order valence-corrected chi connectivity index (χ0v) is 25.9. The Morgan fingerprint density at radius 1 is 0.872 bits per heavy atom. The molecule has 5 atom stereocenters. The Hall–Kier alpha value is -4.14. The van der Waals surface area contributed by atoms with E-state index >= 15 is 4.39 Å². The molecule has 0 spiro atoms. The highest BCUT2D eigenvalue weighted by Gasteiger charge is 2.48. The van der Waals surface area contributed by atoms with Crippen molar-refractivity contribution < 1.29 is 39.1 Å². The standard InChI is InChI=1S/C34H38FN5O7/c1-46-21-16-19-4-2-8-36-27(19)24(17-21)40-14-12-38(13-15-40)20-6-10-39(11-7-20)25-18-23(26(35)22-5-3-9-37-28(22)25)32-30(42)29(41)31(43)33(47-32)34(44)45/h2-5,8-9,16-18,20,29-33,41-43H,6-7,10-15H2,1H3,(H,44,45). The molecule has 0 saturated carbocycles. The molecule has 248 valence electrons. The number of benzene rings is 2. The van der Waals surface area contributed by atoms with Gasteiger partial charge >= 0.3 is 5.97 Å². The summed E-state index contributed by atoms with van der Waals surface area (Å²) in [5.74, 6) is -1.44. The normalized spacial score (nSPS) is 26.2. The molecule has 2 aromatic heterocycles. The van der Waals surface area contributed by atoms with Crippen molar-refractivity contribution in [2.75, 3.05) is 56.2 Å². The Labute approximate surface area is 270 Å². The van der Waals surface area contributed by atoms with Crippen molar-refractivity contribution in [2.45, 2.75) is 49.4 Å². The van der Waals surface area contributed by atoms with E-state index in [0.717, 1.165) is 61.4 Å². The van der Waals surface area contributed by atoms with Crippen LogP contribution in [-0.2, 0) is 9.53 Å². The molecule has 3 aliphatic rings. The van der Waals surface area contributed by atoms with Gasteiger partial charge in [0.25, 0.3) is 0 Å². The van der Waals surface area contributed by atoms with E-state index in [4.69, 9.17) is 9.47 Å². The maximum atomic E-state index is 16.0. The minimum Gasteiger partial charge on any atom is -0.497 e. The minimum absolute atomic E-state index is 0.0944. The molecule has 7 rings (SSSR count). The average Bonchev–Trinajstić information content (AvgIpc) is 3.11. The largest absolute Gasteiger partial charge is 0.497 e. The molecule has 12 nitrogen and oxygen atoms in total. The molecule has 4 aromatic rings. The smallest absolute Gasteiger partial charge is 0.335 e. The van der Waals surface area contributed by atoms with Crippen molar-refractivity contribution in [2.24, 2.45) is 0 Å². The van der Waals surface area contributed by atoms with Crippen molar-refractivity contribution in [3.63, 3.8) is 0 Å². The molecular weight excluding hydrogens is 609 g/mol. The number of aliphatic hydroxyl groups is 3. The van der Waals surface area contributed by atoms with Gasteiger partial charge in [-0.25, -0.2) is 9.18 Å². The summed E-state index contributed by atoms with van der Waals surface area (Å²) in [6, 6.07) is 13.1. The number of piperidine rings is 1. The number of aromatic nitrogens is 2. The molecule has 2 aromatic carbocycles. The summed E-state index contributed by atoms with van der Waals surface area (Å²) in [5, 5.41) is 42.1. The summed E-state index contributed by atoms with van der Waals surface area (Å²) in [6.07, 6.45) is -3.64. The molecular formula is C34H38FN5O7. The molecule has 3 aliphatic heterocycles. The lowest BCUT2D eigenvalue weighted by atomic mass is 9.89. The third-order valence-electron chi connectivity index (χ3n) is 9.87. The number of piperazine rings is 1. The fourth-order valence-electron chi connectivity index (χ4n) is 7.31. The fourth-order valence-corrected chi connectivity index (χ4v) is 7.31. The number of carboxylic acid groups (broad SMARTS) is 1. The van der Waals surface area contributed by atoms with Gasteiger partial charge < -0.3 is 39.7 Å². The van der Waals surface area contributed by atoms with E-state index in [-0.39, 0.29) is 10.9 Å². The number of anilines is 2. The van der Waals surface area contributed by atoms with E-state index in [1.54, 1.807) is 25.4 Å². The van der Waals surface area contributed by atoms with Gasteiger partial charge in [-0.2, -0.15) is 0 Å². The van der Waals surface area contributed by atoms with E-state index in [9.17, 15) is 25.2 Å². The van der Waals surface area contributed by atoms with Crippen LogP contribution in [0.1, 0.15) is 24.5 Å². The quantitative estimate of drug-likeness (QED) is 0.243. The van der Waals surface area contributed by atoms with Crippen LogP contribution in [0.4, 0.5) is 15.8 Å². The molecule has 13 heteroatoms. The number of rotatable bonds is 6. The van der Waals surface area contributed by atoms with Crippen molar-refractivity contribution in [3.8, 4) is 5.75 Å². The van der Waals surface area contributed by atoms with Gasteiger partial charge in [-0.3, -0.25) is 14.9 Å². The van der Waals surface area contributed by atoms with Crippen LogP contribution >= 0.6 is 0 Å². The van der Waals surface area contributed by atoms with Crippen molar-refractivity contribution in [1.29, 1.82) is 0 Å². The lowest BCUT2D eigenvalue weighted by molar-refractivity contribution is -0.230. The summed E-state index contributed by atoms with van der Waals surface area (Å²) in [4.78, 5) is 27.9. The van der Waals surface area contributed by atoms with Crippen LogP contribution in [0.15, 0.2) is 54.9 Å². The van der Waals surface area contributed by atoms with Crippen LogP contribution in [0.2, 0.25) is 0 Å². The fraction of sp³-hybridized carbons (Fsp3) is 0.441. The van der Waals surface area contributed by atoms with Gasteiger partial charge in [-0.15, -0.1) is 0 Å². The first kappa shape index (κ1) is 31.5. The Balaban J connectivity index is 1.08. The first-order valence-electron chi connectivity index (χ1n) is 15.9. The molecule has 5 heterocycles. The highest BCUT2D eigenvalue weighted by atomic mass is 19.1. The van der Waals surface area contributed by atoms with Gasteiger partial charge in [-0.1, -0.05) is 6.07 Å². The van der Waals surface area contributed by atoms with E-state index in [2.05, 4.69) is 30.7 Å². The first-order chi connectivity index (χ1) is 22.7. The average molecular weight is 648 g/mol. The van der Waals surface area contributed by atoms with Crippen molar-refractivity contribution in [3.05, 3.63) is 66.2 Å². The topological polar surface area (TPSA) is 152 Å². The zero-order chi connectivity index (χ0) is 32.8. The van der Waals surface area contributed by atoms with E-state index in [0.29, 0.717) is 30.3 Å². The molecule has 0 bridgehead atoms. The Morgan fingerprint density at radius 3 is 2.23 bits per heavy atom. The van der Waals surface area contributed by atoms with Crippen molar-refractivity contribution in [1.82, 2.24) is 14.9 Å². The predicted molar refractivity (Wildman–Crippen MR) is 172 cm³/mol. The number of ether oxygens (including phenoxy) is 2. The number of carboxylic acids is 1. The van der Waals surface area contributed by atoms with Crippen LogP contribution in [0.3, 0.4) is 0 Å². The molecule has 0 amide bonds. The van der Waals surface area contributed by atoms with Gasteiger partial charge in [0, 0.05) is 80.1 Å². The number of hydrogen-bond donors (Lipinski definition) is 4. The maximum absolute atomic E-state index is 16.0. The molecule has 3 fully saturated rings. The third-order valence-corrected chi connectivity index (χ3v) is 9.87. The SMILES string of the molecule is COc1cc(N2CCN(C3CCN(c4cc(C5OC(C(=O)O)C(O)C(O)C5O)c(F)c5cccnc45)CC3)CC2)c2ncccc2c1. The highest BCUT2D eigenvalue weighted by Crippen LogP contribution is 2.40. The van der Waals surface area contributed by atoms with Gasteiger partial charge in [0.05, 0.1) is 29.5 Å². The van der Waals surface area contributed by atoms with Gasteiger partial charge in [-0.05, 0) is 43.2 Å². The van der Waals surface area contributed by atoms with E-state index < -0.39 is 42.3 Å². The Morgan fingerprint density at radius 2 is 1.53 bits per heavy atom. The van der Waals surface area contributed by atoms with Crippen LogP contribution in [0, 0.1) is 5.82 Å². The van der Waals surface area contributed by atoms with Crippen molar-refractivity contribution >= 4 is 39.1 Å². The lowest BCUT2D eigenvalue weighted by Gasteiger charge is -2.44. The zero-order valence-electron chi connectivity index (χ0n) is 25.9. The number of methoxy groups -OCH3 is 1. The van der Waals surface area contributed by atoms with Gasteiger partial charge in [0.2, 0.25) is 0 Å². The van der Waals surface area contributed by atoms with Crippen LogP contribution in [0.25, 0.3) is 21.8 Å². The van der Waals surface area contributed by atoms with Gasteiger partial charge in [0.1, 0.15) is 36.0 Å². The van der Waals surface area contributed by atoms with E-state index in [1.807, 2.05) is 24.4 Å². The second kappa shape index (κ2) is 12.8. The van der Waals surface area contributed by atoms with Gasteiger partial charge in [0.15, 0.2) is 6.10 Å². The predicted octanol–water partition coefficient (Wildman–Crippen LogP) is 2.33. The number of carbonyl (C=O) groups is 1. The maximum Gasteiger partial charge on any atom is 0.335 e. The summed E-state index contributed by atoms with van der Waals surface area (Å²) < 4.78 is 27.0. The summed E-state index contributed by atoms with van der Waals surface area (Å²) in [7, 11) is 1.68. The number of nitrogens with zero attached hydrogens (tertiary/aromatic N) is 5. The first-order valence-corrected chi connectivity index (χ1v) is 15.9. The molecule has 47 heavy (non-hydrogen) atoms. The third kappa shape index (κ3) is 5.72. The number of aliphatic carboxylic acids is 1. The number of halogens is 1. The highest BCUT2D eigenvalue weighted by molar-refractivity contribution is 5.93. The number of pyridine rings is 2. The number of hydrogen-bond acceptors (Lipinski definition) is 11. The molecule has 0 radical (unpaired) electrons. The molecule has 4 N–H and O–H groups in total. The Kier molecular flexibility index (Phi) is 8.57. The monoisotopic (exact) mass is 647 g/mol. The van der Waals surface area contributed by atoms with Crippen LogP contribution in [0.5, 0.6) is 5.75 Å². The molecule has 0 aliphatic carbocycles. The van der Waals surface area contributed by atoms with Crippen LogP contribution in [-0.4, -0.2) is 118 Å². The van der Waals surface area contributed by atoms with E-state index in [1.165, 1.54) is 6.07 Å². The summed E-state index contributed by atoms with van der Waals surface area (Å²) >= 11 is 0. The summed E-state index contributed by atoms with van der Waals surface area (Å²) in [5.41, 5.74) is 3.03.